The first-order chi connectivity index (χ1) is 18.1. The summed E-state index contributed by atoms with van der Waals surface area (Å²) in [6.07, 6.45) is 2.13. The highest BCUT2D eigenvalue weighted by Crippen LogP contribution is 2.31. The van der Waals surface area contributed by atoms with Gasteiger partial charge in [-0.05, 0) is 43.6 Å². The predicted molar refractivity (Wildman–Crippen MR) is 139 cm³/mol. The molecule has 3 N–H and O–H groups in total. The van der Waals surface area contributed by atoms with Crippen LogP contribution in [0, 0.1) is 0 Å². The number of aliphatic carboxylic acids is 2. The van der Waals surface area contributed by atoms with E-state index in [9.17, 15) is 4.79 Å². The fourth-order valence-electron chi connectivity index (χ4n) is 4.47. The number of nitrogens with one attached hydrogen (secondary N) is 1. The molecule has 3 aliphatic heterocycles. The van der Waals surface area contributed by atoms with Gasteiger partial charge in [0, 0.05) is 46.6 Å². The van der Waals surface area contributed by atoms with Crippen LogP contribution in [0.1, 0.15) is 32.3 Å². The van der Waals surface area contributed by atoms with E-state index in [-0.39, 0.29) is 18.1 Å². The number of carbonyl (C=O) groups excluding carboxylic acids is 1. The van der Waals surface area contributed by atoms with Gasteiger partial charge >= 0.3 is 0 Å². The number of morpholine rings is 2. The number of hydrogen-bond donors (Lipinski definition) is 3. The second-order valence-electron chi connectivity index (χ2n) is 9.30. The van der Waals surface area contributed by atoms with Crippen LogP contribution >= 0.6 is 0 Å². The number of hydrogen-bond acceptors (Lipinski definition) is 9. The Morgan fingerprint density at radius 2 is 1.63 bits per heavy atom. The number of carboxylic acid groups (broad SMARTS) is 2. The molecule has 0 radical (unpaired) electrons. The highest BCUT2D eigenvalue weighted by atomic mass is 16.5. The van der Waals surface area contributed by atoms with E-state index in [1.54, 1.807) is 12.0 Å². The van der Waals surface area contributed by atoms with E-state index in [0.29, 0.717) is 37.8 Å². The molecule has 3 aliphatic rings. The number of piperidine rings is 1. The number of nitrogens with zero attached hydrogens (tertiary/aromatic N) is 2. The molecule has 0 bridgehead atoms. The maximum Gasteiger partial charge on any atom is 0.300 e. The molecule has 12 heteroatoms. The van der Waals surface area contributed by atoms with Gasteiger partial charge in [0.05, 0.1) is 32.5 Å². The number of rotatable bonds is 6. The molecule has 1 spiro atoms. The zero-order valence-electron chi connectivity index (χ0n) is 22.6. The van der Waals surface area contributed by atoms with E-state index in [1.165, 1.54) is 5.56 Å². The van der Waals surface area contributed by atoms with Crippen molar-refractivity contribution in [2.45, 2.75) is 38.8 Å². The number of methoxy groups -OCH3 is 1. The van der Waals surface area contributed by atoms with Crippen molar-refractivity contribution in [1.29, 1.82) is 0 Å². The van der Waals surface area contributed by atoms with Crippen molar-refractivity contribution in [2.24, 2.45) is 0 Å². The predicted octanol–water partition coefficient (Wildman–Crippen LogP) is 1.07. The zero-order valence-corrected chi connectivity index (χ0v) is 22.6. The van der Waals surface area contributed by atoms with Crippen molar-refractivity contribution in [2.75, 3.05) is 72.8 Å². The minimum Gasteiger partial charge on any atom is -0.493 e. The molecular weight excluding hydrogens is 498 g/mol. The minimum atomic E-state index is -0.833. The first-order valence-corrected chi connectivity index (χ1v) is 12.8. The maximum atomic E-state index is 12.3. The standard InChI is InChI=1S/C22H33N3O5.2C2H4O2/c1-27-20-14-18(15-24-8-13-30-22(17-24)4-6-23-7-5-22)2-3-19(20)29-16-21(26)25-9-11-28-12-10-25;2*1-2(3)4/h2-3,14,23H,4-13,15-17H2,1H3;2*1H3,(H,3,4). The molecule has 0 aliphatic carbocycles. The summed E-state index contributed by atoms with van der Waals surface area (Å²) >= 11 is 0. The summed E-state index contributed by atoms with van der Waals surface area (Å²) in [6.45, 7) is 10.2. The molecule has 3 fully saturated rings. The van der Waals surface area contributed by atoms with Gasteiger partial charge in [0.25, 0.3) is 17.8 Å². The van der Waals surface area contributed by atoms with Crippen molar-refractivity contribution in [3.8, 4) is 11.5 Å². The van der Waals surface area contributed by atoms with Crippen LogP contribution in [0.2, 0.25) is 0 Å². The number of benzene rings is 1. The van der Waals surface area contributed by atoms with Crippen molar-refractivity contribution < 1.29 is 43.5 Å². The molecule has 1 aromatic carbocycles. The highest BCUT2D eigenvalue weighted by Gasteiger charge is 2.37. The molecule has 3 heterocycles. The van der Waals surface area contributed by atoms with Crippen molar-refractivity contribution in [3.63, 3.8) is 0 Å². The fourth-order valence-corrected chi connectivity index (χ4v) is 4.47. The van der Waals surface area contributed by atoms with Gasteiger partial charge in [-0.25, -0.2) is 0 Å². The maximum absolute atomic E-state index is 12.3. The van der Waals surface area contributed by atoms with Crippen LogP contribution in [0.5, 0.6) is 11.5 Å². The lowest BCUT2D eigenvalue weighted by atomic mass is 9.90. The van der Waals surface area contributed by atoms with E-state index in [2.05, 4.69) is 16.3 Å². The summed E-state index contributed by atoms with van der Waals surface area (Å²) in [6, 6.07) is 5.97. The summed E-state index contributed by atoms with van der Waals surface area (Å²) in [5.41, 5.74) is 1.17. The molecule has 3 saturated heterocycles. The molecule has 0 aromatic heterocycles. The average molecular weight is 540 g/mol. The number of carboxylic acids is 2. The molecule has 0 saturated carbocycles. The smallest absolute Gasteiger partial charge is 0.300 e. The van der Waals surface area contributed by atoms with Gasteiger partial charge in [-0.2, -0.15) is 0 Å². The van der Waals surface area contributed by atoms with Crippen LogP contribution < -0.4 is 14.8 Å². The lowest BCUT2D eigenvalue weighted by Crippen LogP contribution is -2.55. The largest absolute Gasteiger partial charge is 0.493 e. The molecule has 1 aromatic rings. The van der Waals surface area contributed by atoms with E-state index in [1.807, 2.05) is 12.1 Å². The van der Waals surface area contributed by atoms with E-state index < -0.39 is 11.9 Å². The summed E-state index contributed by atoms with van der Waals surface area (Å²) in [5, 5.41) is 18.3. The van der Waals surface area contributed by atoms with Gasteiger partial charge in [0.2, 0.25) is 0 Å². The van der Waals surface area contributed by atoms with Crippen LogP contribution in [0.25, 0.3) is 0 Å². The van der Waals surface area contributed by atoms with Gasteiger partial charge in [-0.3, -0.25) is 19.3 Å². The molecule has 12 nitrogen and oxygen atoms in total. The monoisotopic (exact) mass is 539 g/mol. The van der Waals surface area contributed by atoms with Crippen LogP contribution in [-0.2, 0) is 30.4 Å². The summed E-state index contributed by atoms with van der Waals surface area (Å²) in [7, 11) is 1.63. The van der Waals surface area contributed by atoms with E-state index in [4.69, 9.17) is 38.7 Å². The third-order valence-corrected chi connectivity index (χ3v) is 6.19. The third kappa shape index (κ3) is 11.2. The third-order valence-electron chi connectivity index (χ3n) is 6.19. The van der Waals surface area contributed by atoms with Gasteiger partial charge in [0.15, 0.2) is 18.1 Å². The Hall–Kier alpha value is -2.93. The Labute approximate surface area is 223 Å². The van der Waals surface area contributed by atoms with Gasteiger partial charge in [-0.15, -0.1) is 0 Å². The molecule has 38 heavy (non-hydrogen) atoms. The summed E-state index contributed by atoms with van der Waals surface area (Å²) in [5.74, 6) is -0.434. The Morgan fingerprint density at radius 3 is 2.24 bits per heavy atom. The van der Waals surface area contributed by atoms with Crippen LogP contribution in [0.15, 0.2) is 18.2 Å². The second kappa shape index (κ2) is 16.1. The lowest BCUT2D eigenvalue weighted by Gasteiger charge is -2.45. The summed E-state index contributed by atoms with van der Waals surface area (Å²) in [4.78, 5) is 34.6. The van der Waals surface area contributed by atoms with Gasteiger partial charge < -0.3 is 39.4 Å². The highest BCUT2D eigenvalue weighted by molar-refractivity contribution is 5.78. The number of amides is 1. The molecular formula is C26H41N3O9. The van der Waals surface area contributed by atoms with Gasteiger partial charge in [-0.1, -0.05) is 6.07 Å². The van der Waals surface area contributed by atoms with Crippen LogP contribution in [-0.4, -0.2) is 116 Å². The normalized spacial score (nSPS) is 18.8. The molecule has 1 amide bonds. The molecule has 0 atom stereocenters. The van der Waals surface area contributed by atoms with Crippen LogP contribution in [0.3, 0.4) is 0 Å². The zero-order chi connectivity index (χ0) is 28.0. The Balaban J connectivity index is 0.000000559. The molecule has 4 rings (SSSR count). The average Bonchev–Trinajstić information content (AvgIpc) is 2.88. The van der Waals surface area contributed by atoms with Crippen molar-refractivity contribution in [1.82, 2.24) is 15.1 Å². The topological polar surface area (TPSA) is 147 Å². The van der Waals surface area contributed by atoms with Gasteiger partial charge in [0.1, 0.15) is 0 Å². The van der Waals surface area contributed by atoms with Crippen LogP contribution in [0.4, 0.5) is 0 Å². The Morgan fingerprint density at radius 1 is 1.00 bits per heavy atom. The Kier molecular flexibility index (Phi) is 13.3. The quantitative estimate of drug-likeness (QED) is 0.477. The molecule has 214 valence electrons. The van der Waals surface area contributed by atoms with E-state index >= 15 is 0 Å². The fraction of sp³-hybridized carbons (Fsp3) is 0.654. The first-order valence-electron chi connectivity index (χ1n) is 12.8. The number of carbonyl (C=O) groups is 3. The SMILES string of the molecule is CC(=O)O.CC(=O)O.COc1cc(CN2CCOC3(CCNCC3)C2)ccc1OCC(=O)N1CCOCC1. The number of ether oxygens (including phenoxy) is 4. The molecule has 0 unspecified atom stereocenters. The first kappa shape index (κ1) is 31.3. The minimum absolute atomic E-state index is 0.00348. The second-order valence-corrected chi connectivity index (χ2v) is 9.30. The summed E-state index contributed by atoms with van der Waals surface area (Å²) < 4.78 is 22.8. The Bertz CT molecular complexity index is 874. The van der Waals surface area contributed by atoms with E-state index in [0.717, 1.165) is 66.0 Å². The van der Waals surface area contributed by atoms with Crippen molar-refractivity contribution >= 4 is 17.8 Å². The van der Waals surface area contributed by atoms with Crippen molar-refractivity contribution in [3.05, 3.63) is 23.8 Å². The lowest BCUT2D eigenvalue weighted by molar-refractivity contribution is -0.137.